The van der Waals surface area contributed by atoms with Crippen LogP contribution in [-0.4, -0.2) is 31.8 Å². The zero-order chi connectivity index (χ0) is 23.2. The zero-order valence-electron chi connectivity index (χ0n) is 18.7. The summed E-state index contributed by atoms with van der Waals surface area (Å²) in [7, 11) is 0. The van der Waals surface area contributed by atoms with Gasteiger partial charge in [-0.2, -0.15) is 10.2 Å². The normalized spacial score (nSPS) is 10.7. The molecule has 2 rings (SSSR count). The molecule has 0 unspecified atom stereocenters. The van der Waals surface area contributed by atoms with Crippen molar-refractivity contribution >= 4 is 23.3 Å². The number of nitrogens with zero attached hydrogens (tertiary/aromatic N) is 2. The van der Waals surface area contributed by atoms with Gasteiger partial charge >= 0.3 is 11.9 Å². The van der Waals surface area contributed by atoms with Crippen molar-refractivity contribution in [1.29, 1.82) is 0 Å². The van der Waals surface area contributed by atoms with Crippen LogP contribution in [0.3, 0.4) is 0 Å². The Bertz CT molecular complexity index is 905. The van der Waals surface area contributed by atoms with Crippen molar-refractivity contribution in [3.8, 4) is 5.75 Å². The first-order valence-electron chi connectivity index (χ1n) is 10.7. The average Bonchev–Trinajstić information content (AvgIpc) is 2.80. The van der Waals surface area contributed by atoms with E-state index in [0.717, 1.165) is 31.4 Å². The molecule has 170 valence electrons. The molecule has 0 bridgehead atoms. The Hall–Kier alpha value is -3.48. The van der Waals surface area contributed by atoms with Crippen LogP contribution in [0, 0.1) is 0 Å². The minimum atomic E-state index is -0.351. The lowest BCUT2D eigenvalue weighted by Crippen LogP contribution is -2.06. The van der Waals surface area contributed by atoms with E-state index in [1.165, 1.54) is 0 Å². The molecular weight excluding hydrogens is 408 g/mol. The maximum atomic E-state index is 11.7. The summed E-state index contributed by atoms with van der Waals surface area (Å²) < 4.78 is 15.8. The molecule has 7 nitrogen and oxygen atoms in total. The maximum absolute atomic E-state index is 11.7. The molecule has 7 heteroatoms. The highest BCUT2D eigenvalue weighted by atomic mass is 16.5. The molecular formula is C25H30N2O5. The Kier molecular flexibility index (Phi) is 10.6. The number of esters is 2. The molecule has 0 saturated heterocycles. The van der Waals surface area contributed by atoms with Crippen LogP contribution in [0.5, 0.6) is 5.75 Å². The number of rotatable bonds is 13. The fraction of sp³-hybridized carbons (Fsp3) is 0.360. The van der Waals surface area contributed by atoms with Gasteiger partial charge in [-0.3, -0.25) is 0 Å². The fourth-order valence-corrected chi connectivity index (χ4v) is 2.64. The monoisotopic (exact) mass is 438 g/mol. The lowest BCUT2D eigenvalue weighted by molar-refractivity contribution is -0.139. The molecule has 0 aliphatic heterocycles. The standard InChI is InChI=1S/C25H30N2O5/c1-4-30-25(29)20-9-11-21(12-10-20)26-27-22-13-15-23(16-14-22)31-17-7-5-6-8-18-32-24(28)19(2)3/h9-16H,2,4-8,17-18H2,1,3H3. The maximum Gasteiger partial charge on any atom is 0.338 e. The van der Waals surface area contributed by atoms with E-state index in [9.17, 15) is 9.59 Å². The molecule has 0 aliphatic rings. The number of benzene rings is 2. The van der Waals surface area contributed by atoms with Gasteiger partial charge in [-0.15, -0.1) is 0 Å². The third kappa shape index (κ3) is 9.12. The van der Waals surface area contributed by atoms with Crippen LogP contribution in [0.4, 0.5) is 11.4 Å². The number of carbonyl (C=O) groups is 2. The first-order valence-corrected chi connectivity index (χ1v) is 10.7. The quantitative estimate of drug-likeness (QED) is 0.158. The summed E-state index contributed by atoms with van der Waals surface area (Å²) in [6.07, 6.45) is 3.75. The second-order valence-corrected chi connectivity index (χ2v) is 7.14. The van der Waals surface area contributed by atoms with Crippen LogP contribution in [0.15, 0.2) is 70.9 Å². The van der Waals surface area contributed by atoms with E-state index in [-0.39, 0.29) is 11.9 Å². The highest BCUT2D eigenvalue weighted by Crippen LogP contribution is 2.22. The van der Waals surface area contributed by atoms with Crippen molar-refractivity contribution in [3.63, 3.8) is 0 Å². The Morgan fingerprint density at radius 3 is 1.94 bits per heavy atom. The topological polar surface area (TPSA) is 86.5 Å². The van der Waals surface area contributed by atoms with Gasteiger partial charge in [0.2, 0.25) is 0 Å². The van der Waals surface area contributed by atoms with Gasteiger partial charge in [0.15, 0.2) is 0 Å². The smallest absolute Gasteiger partial charge is 0.338 e. The number of carbonyl (C=O) groups excluding carboxylic acids is 2. The molecule has 0 N–H and O–H groups in total. The summed E-state index contributed by atoms with van der Waals surface area (Å²) in [5.74, 6) is 0.0945. The van der Waals surface area contributed by atoms with Crippen molar-refractivity contribution < 1.29 is 23.8 Å². The van der Waals surface area contributed by atoms with Gasteiger partial charge in [0, 0.05) is 5.57 Å². The van der Waals surface area contributed by atoms with Crippen LogP contribution in [0.2, 0.25) is 0 Å². The lowest BCUT2D eigenvalue weighted by Gasteiger charge is -2.07. The second kappa shape index (κ2) is 13.7. The van der Waals surface area contributed by atoms with Crippen molar-refractivity contribution in [2.24, 2.45) is 10.2 Å². The Morgan fingerprint density at radius 1 is 0.812 bits per heavy atom. The highest BCUT2D eigenvalue weighted by Gasteiger charge is 2.05. The minimum absolute atomic E-state index is 0.330. The van der Waals surface area contributed by atoms with Crippen molar-refractivity contribution in [2.75, 3.05) is 19.8 Å². The summed E-state index contributed by atoms with van der Waals surface area (Å²) in [4.78, 5) is 22.9. The third-order valence-corrected chi connectivity index (χ3v) is 4.39. The van der Waals surface area contributed by atoms with Crippen molar-refractivity contribution in [1.82, 2.24) is 0 Å². The Balaban J connectivity index is 1.66. The van der Waals surface area contributed by atoms with Crippen LogP contribution in [0.25, 0.3) is 0 Å². The first kappa shape index (κ1) is 24.8. The van der Waals surface area contributed by atoms with Gasteiger partial charge in [-0.1, -0.05) is 6.58 Å². The average molecular weight is 439 g/mol. The van der Waals surface area contributed by atoms with E-state index in [0.29, 0.717) is 42.3 Å². The van der Waals surface area contributed by atoms with Gasteiger partial charge < -0.3 is 14.2 Å². The summed E-state index contributed by atoms with van der Waals surface area (Å²) >= 11 is 0. The molecule has 32 heavy (non-hydrogen) atoms. The molecule has 0 spiro atoms. The molecule has 0 amide bonds. The highest BCUT2D eigenvalue weighted by molar-refractivity contribution is 5.89. The summed E-state index contributed by atoms with van der Waals surface area (Å²) in [6, 6.07) is 14.2. The van der Waals surface area contributed by atoms with Gasteiger partial charge in [-0.25, -0.2) is 9.59 Å². The van der Waals surface area contributed by atoms with Crippen LogP contribution in [0.1, 0.15) is 49.9 Å². The Morgan fingerprint density at radius 2 is 1.38 bits per heavy atom. The predicted molar refractivity (Wildman–Crippen MR) is 123 cm³/mol. The van der Waals surface area contributed by atoms with E-state index in [4.69, 9.17) is 14.2 Å². The van der Waals surface area contributed by atoms with Gasteiger partial charge in [0.05, 0.1) is 36.8 Å². The van der Waals surface area contributed by atoms with E-state index >= 15 is 0 Å². The van der Waals surface area contributed by atoms with Gasteiger partial charge in [0.25, 0.3) is 0 Å². The third-order valence-electron chi connectivity index (χ3n) is 4.39. The SMILES string of the molecule is C=C(C)C(=O)OCCCCCCOc1ccc(N=Nc2ccc(C(=O)OCC)cc2)cc1. The number of hydrogen-bond donors (Lipinski definition) is 0. The van der Waals surface area contributed by atoms with Crippen molar-refractivity contribution in [2.45, 2.75) is 39.5 Å². The number of ether oxygens (including phenoxy) is 3. The Labute approximate surface area is 189 Å². The molecule has 0 radical (unpaired) electrons. The van der Waals surface area contributed by atoms with E-state index < -0.39 is 0 Å². The minimum Gasteiger partial charge on any atom is -0.494 e. The molecule has 0 fully saturated rings. The second-order valence-electron chi connectivity index (χ2n) is 7.14. The molecule has 2 aromatic rings. The largest absolute Gasteiger partial charge is 0.494 e. The number of azo groups is 1. The van der Waals surface area contributed by atoms with E-state index in [2.05, 4.69) is 16.8 Å². The van der Waals surface area contributed by atoms with Gasteiger partial charge in [-0.05, 0) is 88.1 Å². The molecule has 0 aliphatic carbocycles. The number of unbranched alkanes of at least 4 members (excludes halogenated alkanes) is 3. The summed E-state index contributed by atoms with van der Waals surface area (Å²) in [5, 5.41) is 8.38. The van der Waals surface area contributed by atoms with Crippen LogP contribution in [-0.2, 0) is 14.3 Å². The predicted octanol–water partition coefficient (Wildman–Crippen LogP) is 6.34. The molecule has 0 atom stereocenters. The van der Waals surface area contributed by atoms with E-state index in [1.807, 2.05) is 24.3 Å². The molecule has 0 aromatic heterocycles. The van der Waals surface area contributed by atoms with Crippen molar-refractivity contribution in [3.05, 3.63) is 66.2 Å². The summed E-state index contributed by atoms with van der Waals surface area (Å²) in [6.45, 7) is 8.36. The van der Waals surface area contributed by atoms with E-state index in [1.54, 1.807) is 38.1 Å². The molecule has 0 saturated carbocycles. The molecule has 0 heterocycles. The summed E-state index contributed by atoms with van der Waals surface area (Å²) in [5.41, 5.74) is 2.26. The number of hydrogen-bond acceptors (Lipinski definition) is 7. The first-order chi connectivity index (χ1) is 15.5. The zero-order valence-corrected chi connectivity index (χ0v) is 18.7. The lowest BCUT2D eigenvalue weighted by atomic mass is 10.2. The van der Waals surface area contributed by atoms with Crippen LogP contribution < -0.4 is 4.74 Å². The fourth-order valence-electron chi connectivity index (χ4n) is 2.64. The van der Waals surface area contributed by atoms with Crippen LogP contribution >= 0.6 is 0 Å². The van der Waals surface area contributed by atoms with Gasteiger partial charge in [0.1, 0.15) is 5.75 Å². The molecule has 2 aromatic carbocycles.